The fourth-order valence-electron chi connectivity index (χ4n) is 2.67. The second-order valence-electron chi connectivity index (χ2n) is 5.08. The van der Waals surface area contributed by atoms with E-state index in [1.165, 1.54) is 49.9 Å². The van der Waals surface area contributed by atoms with Gasteiger partial charge in [0.2, 0.25) is 0 Å². The van der Waals surface area contributed by atoms with Gasteiger partial charge in [0.1, 0.15) is 0 Å². The van der Waals surface area contributed by atoms with E-state index in [4.69, 9.17) is 5.73 Å². The maximum absolute atomic E-state index is 5.71. The van der Waals surface area contributed by atoms with Gasteiger partial charge in [0.25, 0.3) is 0 Å². The molecule has 0 aliphatic carbocycles. The Morgan fingerprint density at radius 2 is 1.88 bits per heavy atom. The van der Waals surface area contributed by atoms with Gasteiger partial charge in [-0.3, -0.25) is 4.90 Å². The van der Waals surface area contributed by atoms with Gasteiger partial charge in [-0.2, -0.15) is 0 Å². The molecule has 2 heteroatoms. The highest BCUT2D eigenvalue weighted by Crippen LogP contribution is 2.24. The van der Waals surface area contributed by atoms with Gasteiger partial charge in [0, 0.05) is 12.6 Å². The van der Waals surface area contributed by atoms with Crippen LogP contribution in [0.4, 0.5) is 0 Å². The summed E-state index contributed by atoms with van der Waals surface area (Å²) in [5.74, 6) is 0. The van der Waals surface area contributed by atoms with E-state index < -0.39 is 0 Å². The highest BCUT2D eigenvalue weighted by Gasteiger charge is 2.17. The summed E-state index contributed by atoms with van der Waals surface area (Å²) in [5, 5.41) is 0. The average molecular weight is 232 g/mol. The predicted octanol–water partition coefficient (Wildman–Crippen LogP) is 3.08. The Labute approximate surface area is 105 Å². The molecule has 0 amide bonds. The molecule has 0 saturated carbocycles. The topological polar surface area (TPSA) is 29.3 Å². The van der Waals surface area contributed by atoms with Crippen molar-refractivity contribution in [2.75, 3.05) is 13.1 Å². The summed E-state index contributed by atoms with van der Waals surface area (Å²) in [6.07, 6.45) is 5.49. The quantitative estimate of drug-likeness (QED) is 0.867. The molecule has 1 saturated heterocycles. The standard InChI is InChI=1S/C15H24N2/c1-13(17-9-4-2-3-5-10-17)15-8-6-7-14(11-15)12-16/h6-8,11,13H,2-5,9-10,12,16H2,1H3. The van der Waals surface area contributed by atoms with E-state index in [1.807, 2.05) is 0 Å². The molecular formula is C15H24N2. The summed E-state index contributed by atoms with van der Waals surface area (Å²) in [5.41, 5.74) is 8.36. The van der Waals surface area contributed by atoms with E-state index in [1.54, 1.807) is 0 Å². The Balaban J connectivity index is 2.08. The van der Waals surface area contributed by atoms with E-state index in [2.05, 4.69) is 36.1 Å². The van der Waals surface area contributed by atoms with Crippen molar-refractivity contribution in [1.29, 1.82) is 0 Å². The van der Waals surface area contributed by atoms with Gasteiger partial charge in [-0.1, -0.05) is 37.1 Å². The lowest BCUT2D eigenvalue weighted by atomic mass is 10.0. The first-order valence-electron chi connectivity index (χ1n) is 6.84. The number of rotatable bonds is 3. The van der Waals surface area contributed by atoms with Crippen LogP contribution >= 0.6 is 0 Å². The first kappa shape index (κ1) is 12.6. The zero-order valence-corrected chi connectivity index (χ0v) is 10.9. The van der Waals surface area contributed by atoms with E-state index in [0.29, 0.717) is 12.6 Å². The number of hydrogen-bond acceptors (Lipinski definition) is 2. The van der Waals surface area contributed by atoms with Gasteiger partial charge in [0.05, 0.1) is 0 Å². The van der Waals surface area contributed by atoms with Crippen LogP contribution in [-0.4, -0.2) is 18.0 Å². The Kier molecular flexibility index (Phi) is 4.57. The van der Waals surface area contributed by atoms with Gasteiger partial charge in [-0.25, -0.2) is 0 Å². The van der Waals surface area contributed by atoms with Crippen LogP contribution in [0.25, 0.3) is 0 Å². The monoisotopic (exact) mass is 232 g/mol. The van der Waals surface area contributed by atoms with Crippen molar-refractivity contribution in [3.8, 4) is 0 Å². The summed E-state index contributed by atoms with van der Waals surface area (Å²) in [4.78, 5) is 2.61. The zero-order valence-electron chi connectivity index (χ0n) is 10.9. The molecule has 2 N–H and O–H groups in total. The summed E-state index contributed by atoms with van der Waals surface area (Å²) < 4.78 is 0. The Morgan fingerprint density at radius 3 is 2.53 bits per heavy atom. The molecule has 2 rings (SSSR count). The molecule has 1 aliphatic rings. The third-order valence-electron chi connectivity index (χ3n) is 3.86. The SMILES string of the molecule is CC(c1cccc(CN)c1)N1CCCCCC1. The molecule has 1 atom stereocenters. The second kappa shape index (κ2) is 6.18. The van der Waals surface area contributed by atoms with Crippen molar-refractivity contribution in [3.63, 3.8) is 0 Å². The van der Waals surface area contributed by atoms with E-state index in [9.17, 15) is 0 Å². The van der Waals surface area contributed by atoms with Crippen molar-refractivity contribution < 1.29 is 0 Å². The number of benzene rings is 1. The molecule has 1 fully saturated rings. The molecule has 0 bridgehead atoms. The molecule has 94 valence electrons. The molecular weight excluding hydrogens is 208 g/mol. The maximum atomic E-state index is 5.71. The molecule has 1 aromatic carbocycles. The second-order valence-corrected chi connectivity index (χ2v) is 5.08. The molecule has 1 aromatic rings. The van der Waals surface area contributed by atoms with Crippen LogP contribution in [0, 0.1) is 0 Å². The van der Waals surface area contributed by atoms with Gasteiger partial charge in [0.15, 0.2) is 0 Å². The minimum atomic E-state index is 0.527. The van der Waals surface area contributed by atoms with E-state index in [0.717, 1.165) is 0 Å². The van der Waals surface area contributed by atoms with Crippen LogP contribution in [0.15, 0.2) is 24.3 Å². The van der Waals surface area contributed by atoms with Crippen LogP contribution in [0.1, 0.15) is 49.8 Å². The highest BCUT2D eigenvalue weighted by molar-refractivity contribution is 5.25. The van der Waals surface area contributed by atoms with E-state index >= 15 is 0 Å². The molecule has 1 aliphatic heterocycles. The summed E-state index contributed by atoms with van der Waals surface area (Å²) in [6.45, 7) is 5.45. The first-order valence-corrected chi connectivity index (χ1v) is 6.84. The molecule has 0 radical (unpaired) electrons. The van der Waals surface area contributed by atoms with Crippen molar-refractivity contribution in [1.82, 2.24) is 4.90 Å². The Morgan fingerprint density at radius 1 is 1.18 bits per heavy atom. The third-order valence-corrected chi connectivity index (χ3v) is 3.86. The fraction of sp³-hybridized carbons (Fsp3) is 0.600. The normalized spacial score (nSPS) is 19.9. The largest absolute Gasteiger partial charge is 0.326 e. The van der Waals surface area contributed by atoms with Crippen molar-refractivity contribution >= 4 is 0 Å². The molecule has 1 heterocycles. The van der Waals surface area contributed by atoms with Crippen LogP contribution in [0.3, 0.4) is 0 Å². The molecule has 0 aromatic heterocycles. The van der Waals surface area contributed by atoms with Gasteiger partial charge >= 0.3 is 0 Å². The number of likely N-dealkylation sites (tertiary alicyclic amines) is 1. The molecule has 2 nitrogen and oxygen atoms in total. The molecule has 1 unspecified atom stereocenters. The number of hydrogen-bond donors (Lipinski definition) is 1. The molecule has 17 heavy (non-hydrogen) atoms. The van der Waals surface area contributed by atoms with Gasteiger partial charge in [-0.15, -0.1) is 0 Å². The summed E-state index contributed by atoms with van der Waals surface area (Å²) >= 11 is 0. The number of nitrogens with two attached hydrogens (primary N) is 1. The van der Waals surface area contributed by atoms with Crippen molar-refractivity contribution in [3.05, 3.63) is 35.4 Å². The zero-order chi connectivity index (χ0) is 12.1. The maximum Gasteiger partial charge on any atom is 0.0319 e. The van der Waals surface area contributed by atoms with Gasteiger partial charge < -0.3 is 5.73 Å². The van der Waals surface area contributed by atoms with E-state index in [-0.39, 0.29) is 0 Å². The first-order chi connectivity index (χ1) is 8.31. The lowest BCUT2D eigenvalue weighted by Gasteiger charge is -2.28. The van der Waals surface area contributed by atoms with Crippen LogP contribution in [0.2, 0.25) is 0 Å². The Bertz CT molecular complexity index is 341. The average Bonchev–Trinajstić information content (AvgIpc) is 2.67. The minimum Gasteiger partial charge on any atom is -0.326 e. The third kappa shape index (κ3) is 3.30. The molecule has 0 spiro atoms. The fourth-order valence-corrected chi connectivity index (χ4v) is 2.67. The summed E-state index contributed by atoms with van der Waals surface area (Å²) in [7, 11) is 0. The highest BCUT2D eigenvalue weighted by atomic mass is 15.1. The van der Waals surface area contributed by atoms with Crippen LogP contribution in [0.5, 0.6) is 0 Å². The van der Waals surface area contributed by atoms with Gasteiger partial charge in [-0.05, 0) is 44.0 Å². The smallest absolute Gasteiger partial charge is 0.0319 e. The van der Waals surface area contributed by atoms with Crippen LogP contribution in [-0.2, 0) is 6.54 Å². The van der Waals surface area contributed by atoms with Crippen molar-refractivity contribution in [2.24, 2.45) is 5.73 Å². The predicted molar refractivity (Wildman–Crippen MR) is 72.8 cm³/mol. The Hall–Kier alpha value is -0.860. The van der Waals surface area contributed by atoms with Crippen molar-refractivity contribution in [2.45, 2.75) is 45.2 Å². The minimum absolute atomic E-state index is 0.527. The lowest BCUT2D eigenvalue weighted by Crippen LogP contribution is -2.28. The number of nitrogens with zero attached hydrogens (tertiary/aromatic N) is 1. The lowest BCUT2D eigenvalue weighted by molar-refractivity contribution is 0.219. The van der Waals surface area contributed by atoms with Crippen LogP contribution < -0.4 is 5.73 Å². The summed E-state index contributed by atoms with van der Waals surface area (Å²) in [6, 6.07) is 9.26.